The van der Waals surface area contributed by atoms with Crippen LogP contribution in [0.4, 0.5) is 15.8 Å². The molecule has 5 aromatic rings. The minimum atomic E-state index is -1.02. The van der Waals surface area contributed by atoms with E-state index in [2.05, 4.69) is 22.3 Å². The molecule has 0 saturated heterocycles. The predicted molar refractivity (Wildman–Crippen MR) is 171 cm³/mol. The Morgan fingerprint density at radius 1 is 0.750 bits per heavy atom. The van der Waals surface area contributed by atoms with Crippen LogP contribution in [0, 0.1) is 5.82 Å². The van der Waals surface area contributed by atoms with Crippen molar-refractivity contribution in [3.05, 3.63) is 162 Å². The lowest BCUT2D eigenvalue weighted by molar-refractivity contribution is -0.137. The second-order valence-corrected chi connectivity index (χ2v) is 10.4. The molecule has 44 heavy (non-hydrogen) atoms. The monoisotopic (exact) mass is 588 g/mol. The van der Waals surface area contributed by atoms with E-state index in [4.69, 9.17) is 4.74 Å². The molecule has 0 aliphatic carbocycles. The van der Waals surface area contributed by atoms with Gasteiger partial charge in [0.15, 0.2) is 5.78 Å². The van der Waals surface area contributed by atoms with Crippen molar-refractivity contribution < 1.29 is 23.8 Å². The number of carbonyl (C=O) groups excluding carboxylic acids is 1. The van der Waals surface area contributed by atoms with Crippen molar-refractivity contribution in [2.45, 2.75) is 19.0 Å². The maximum atomic E-state index is 13.5. The lowest BCUT2D eigenvalue weighted by Crippen LogP contribution is -2.32. The first-order valence-electron chi connectivity index (χ1n) is 14.4. The van der Waals surface area contributed by atoms with Crippen LogP contribution in [-0.2, 0) is 17.8 Å². The average Bonchev–Trinajstić information content (AvgIpc) is 3.06. The first-order chi connectivity index (χ1) is 21.5. The Bertz CT molecular complexity index is 1660. The van der Waals surface area contributed by atoms with Crippen molar-refractivity contribution >= 4 is 23.1 Å². The molecule has 0 amide bonds. The second kappa shape index (κ2) is 14.6. The fourth-order valence-electron chi connectivity index (χ4n) is 4.93. The van der Waals surface area contributed by atoms with Gasteiger partial charge in [-0.3, -0.25) is 4.79 Å². The van der Waals surface area contributed by atoms with E-state index in [-0.39, 0.29) is 18.0 Å². The Kier molecular flexibility index (Phi) is 10.0. The molecule has 1 atom stereocenters. The summed E-state index contributed by atoms with van der Waals surface area (Å²) in [6, 6.07) is 38.7. The van der Waals surface area contributed by atoms with Crippen LogP contribution in [0.5, 0.6) is 5.75 Å². The van der Waals surface area contributed by atoms with Crippen LogP contribution in [0.1, 0.15) is 27.0 Å². The number of nitrogens with zero attached hydrogens (tertiary/aromatic N) is 1. The van der Waals surface area contributed by atoms with Gasteiger partial charge >= 0.3 is 5.97 Å². The van der Waals surface area contributed by atoms with E-state index >= 15 is 0 Å². The van der Waals surface area contributed by atoms with Gasteiger partial charge < -0.3 is 20.1 Å². The summed E-state index contributed by atoms with van der Waals surface area (Å²) < 4.78 is 19.6. The summed E-state index contributed by atoms with van der Waals surface area (Å²) in [5.41, 5.74) is 4.25. The van der Waals surface area contributed by atoms with Gasteiger partial charge in [0.2, 0.25) is 0 Å². The number of nitrogens with one attached hydrogen (secondary N) is 1. The van der Waals surface area contributed by atoms with E-state index in [0.29, 0.717) is 42.3 Å². The summed E-state index contributed by atoms with van der Waals surface area (Å²) >= 11 is 0. The maximum absolute atomic E-state index is 13.5. The minimum absolute atomic E-state index is 0.180. The van der Waals surface area contributed by atoms with Gasteiger partial charge in [0, 0.05) is 35.5 Å². The van der Waals surface area contributed by atoms with Gasteiger partial charge in [0.25, 0.3) is 0 Å². The van der Waals surface area contributed by atoms with Gasteiger partial charge in [-0.1, -0.05) is 84.9 Å². The van der Waals surface area contributed by atoms with Crippen LogP contribution in [-0.4, -0.2) is 36.1 Å². The van der Waals surface area contributed by atoms with E-state index in [1.54, 1.807) is 60.7 Å². The SMILES string of the molecule is O=C(c1ccccc1)c1ccccc1NC(Cc1ccc(OCCN(Cc2ccccc2)c2ccc(F)cc2)cc1)C(=O)O. The molecule has 0 heterocycles. The molecule has 1 unspecified atom stereocenters. The standard InChI is InChI=1S/C37H33FN2O4/c38-30-17-19-31(20-18-30)40(26-28-9-3-1-4-10-28)23-24-44-32-21-15-27(16-22-32)25-35(37(42)43)39-34-14-8-7-13-33(34)36(41)29-11-5-2-6-12-29/h1-22,35,39H,23-26H2,(H,42,43). The Balaban J connectivity index is 1.21. The number of carboxylic acids is 1. The Morgan fingerprint density at radius 2 is 1.39 bits per heavy atom. The average molecular weight is 589 g/mol. The first-order valence-corrected chi connectivity index (χ1v) is 14.4. The summed E-state index contributed by atoms with van der Waals surface area (Å²) in [5, 5.41) is 13.0. The highest BCUT2D eigenvalue weighted by atomic mass is 19.1. The van der Waals surface area contributed by atoms with Gasteiger partial charge in [-0.15, -0.1) is 0 Å². The zero-order valence-corrected chi connectivity index (χ0v) is 24.1. The van der Waals surface area contributed by atoms with E-state index in [0.717, 1.165) is 16.8 Å². The zero-order chi connectivity index (χ0) is 30.7. The molecular formula is C37H33FN2O4. The normalized spacial score (nSPS) is 11.4. The molecule has 0 saturated carbocycles. The Hall–Kier alpha value is -5.43. The quantitative estimate of drug-likeness (QED) is 0.133. The van der Waals surface area contributed by atoms with Crippen LogP contribution in [0.3, 0.4) is 0 Å². The first kappa shape index (κ1) is 30.0. The third-order valence-electron chi connectivity index (χ3n) is 7.24. The topological polar surface area (TPSA) is 78.9 Å². The number of anilines is 2. The van der Waals surface area contributed by atoms with Crippen molar-refractivity contribution in [2.75, 3.05) is 23.4 Å². The number of hydrogen-bond donors (Lipinski definition) is 2. The number of para-hydroxylation sites is 1. The van der Waals surface area contributed by atoms with Crippen LogP contribution in [0.25, 0.3) is 0 Å². The number of ether oxygens (including phenoxy) is 1. The molecule has 0 radical (unpaired) electrons. The molecule has 0 bridgehead atoms. The number of carboxylic acid groups (broad SMARTS) is 1. The largest absolute Gasteiger partial charge is 0.492 e. The fourth-order valence-corrected chi connectivity index (χ4v) is 4.93. The van der Waals surface area contributed by atoms with Crippen molar-refractivity contribution in [3.63, 3.8) is 0 Å². The highest BCUT2D eigenvalue weighted by molar-refractivity contribution is 6.12. The van der Waals surface area contributed by atoms with E-state index in [1.165, 1.54) is 12.1 Å². The third kappa shape index (κ3) is 8.10. The van der Waals surface area contributed by atoms with Crippen LogP contribution in [0.15, 0.2) is 133 Å². The van der Waals surface area contributed by atoms with E-state index in [9.17, 15) is 19.1 Å². The molecule has 7 heteroatoms. The van der Waals surface area contributed by atoms with E-state index in [1.807, 2.05) is 48.5 Å². The Morgan fingerprint density at radius 3 is 2.07 bits per heavy atom. The fraction of sp³-hybridized carbons (Fsp3) is 0.135. The summed E-state index contributed by atoms with van der Waals surface area (Å²) in [5.74, 6) is -0.825. The molecule has 0 aliphatic heterocycles. The second-order valence-electron chi connectivity index (χ2n) is 10.4. The number of aliphatic carboxylic acids is 1. The lowest BCUT2D eigenvalue weighted by Gasteiger charge is -2.25. The van der Waals surface area contributed by atoms with Crippen LogP contribution < -0.4 is 15.0 Å². The van der Waals surface area contributed by atoms with Gasteiger partial charge in [0.05, 0.1) is 6.54 Å². The third-order valence-corrected chi connectivity index (χ3v) is 7.24. The molecule has 2 N–H and O–H groups in total. The smallest absolute Gasteiger partial charge is 0.326 e. The van der Waals surface area contributed by atoms with Crippen LogP contribution in [0.2, 0.25) is 0 Å². The molecule has 222 valence electrons. The number of carbonyl (C=O) groups is 2. The summed E-state index contributed by atoms with van der Waals surface area (Å²) in [6.07, 6.45) is 0.207. The highest BCUT2D eigenvalue weighted by Crippen LogP contribution is 2.23. The number of hydrogen-bond acceptors (Lipinski definition) is 5. The highest BCUT2D eigenvalue weighted by Gasteiger charge is 2.21. The van der Waals surface area contributed by atoms with E-state index < -0.39 is 12.0 Å². The minimum Gasteiger partial charge on any atom is -0.492 e. The van der Waals surface area contributed by atoms with Crippen molar-refractivity contribution in [1.29, 1.82) is 0 Å². The van der Waals surface area contributed by atoms with Crippen molar-refractivity contribution in [1.82, 2.24) is 0 Å². The predicted octanol–water partition coefficient (Wildman–Crippen LogP) is 7.25. The number of rotatable bonds is 14. The lowest BCUT2D eigenvalue weighted by atomic mass is 10.00. The molecule has 0 spiro atoms. The van der Waals surface area contributed by atoms with Crippen molar-refractivity contribution in [2.24, 2.45) is 0 Å². The summed E-state index contributed by atoms with van der Waals surface area (Å²) in [7, 11) is 0. The molecule has 5 rings (SSSR count). The van der Waals surface area contributed by atoms with Gasteiger partial charge in [-0.05, 0) is 59.7 Å². The number of benzene rings is 5. The van der Waals surface area contributed by atoms with Gasteiger partial charge in [0.1, 0.15) is 24.2 Å². The summed E-state index contributed by atoms with van der Waals surface area (Å²) in [6.45, 7) is 1.63. The molecule has 0 aliphatic rings. The Labute approximate surface area is 256 Å². The number of halogens is 1. The molecule has 6 nitrogen and oxygen atoms in total. The zero-order valence-electron chi connectivity index (χ0n) is 24.1. The molecular weight excluding hydrogens is 555 g/mol. The molecule has 0 aromatic heterocycles. The maximum Gasteiger partial charge on any atom is 0.326 e. The van der Waals surface area contributed by atoms with Gasteiger partial charge in [-0.2, -0.15) is 0 Å². The number of ketones is 1. The molecule has 0 fully saturated rings. The summed E-state index contributed by atoms with van der Waals surface area (Å²) in [4.78, 5) is 27.4. The molecule has 5 aromatic carbocycles. The van der Waals surface area contributed by atoms with Crippen LogP contribution >= 0.6 is 0 Å². The van der Waals surface area contributed by atoms with Crippen molar-refractivity contribution in [3.8, 4) is 5.75 Å². The van der Waals surface area contributed by atoms with Gasteiger partial charge in [-0.25, -0.2) is 9.18 Å².